The molecule has 1 aromatic carbocycles. The molecule has 0 saturated carbocycles. The predicted octanol–water partition coefficient (Wildman–Crippen LogP) is 0.963. The second-order valence-corrected chi connectivity index (χ2v) is 4.53. The highest BCUT2D eigenvalue weighted by molar-refractivity contribution is 6.21. The third-order valence-electron chi connectivity index (χ3n) is 3.31. The summed E-state index contributed by atoms with van der Waals surface area (Å²) in [5.41, 5.74) is 0.666. The molecule has 0 aromatic heterocycles. The van der Waals surface area contributed by atoms with Crippen molar-refractivity contribution in [2.45, 2.75) is 12.8 Å². The van der Waals surface area contributed by atoms with Gasteiger partial charge in [0.1, 0.15) is 6.29 Å². The van der Waals surface area contributed by atoms with Crippen molar-refractivity contribution in [1.29, 1.82) is 0 Å². The van der Waals surface area contributed by atoms with Crippen LogP contribution in [0.1, 0.15) is 33.6 Å². The lowest BCUT2D eigenvalue weighted by atomic mass is 10.0. The Kier molecular flexibility index (Phi) is 3.93. The van der Waals surface area contributed by atoms with E-state index in [0.29, 0.717) is 17.4 Å². The Morgan fingerprint density at radius 2 is 1.75 bits per heavy atom. The average molecular weight is 275 g/mol. The number of carboxylic acids is 1. The van der Waals surface area contributed by atoms with Crippen LogP contribution < -0.4 is 0 Å². The molecule has 1 aromatic rings. The number of carboxylic acid groups (broad SMARTS) is 1. The quantitative estimate of drug-likeness (QED) is 0.616. The molecule has 2 amide bonds. The largest absolute Gasteiger partial charge is 0.481 e. The van der Waals surface area contributed by atoms with Gasteiger partial charge in [0.2, 0.25) is 0 Å². The first-order chi connectivity index (χ1) is 9.56. The number of aliphatic carboxylic acids is 1. The number of carbonyl (C=O) groups is 4. The van der Waals surface area contributed by atoms with Crippen molar-refractivity contribution in [1.82, 2.24) is 4.90 Å². The van der Waals surface area contributed by atoms with Crippen LogP contribution in [0.2, 0.25) is 0 Å². The van der Waals surface area contributed by atoms with Crippen LogP contribution in [0.5, 0.6) is 0 Å². The first-order valence-electron chi connectivity index (χ1n) is 6.18. The Morgan fingerprint density at radius 3 is 2.20 bits per heavy atom. The molecule has 1 aliphatic rings. The average Bonchev–Trinajstić information content (AvgIpc) is 2.68. The fourth-order valence-corrected chi connectivity index (χ4v) is 2.19. The van der Waals surface area contributed by atoms with Gasteiger partial charge in [-0.05, 0) is 18.6 Å². The number of fused-ring (bicyclic) bond motifs is 1. The topological polar surface area (TPSA) is 91.8 Å². The second-order valence-electron chi connectivity index (χ2n) is 4.53. The minimum Gasteiger partial charge on any atom is -0.481 e. The number of hydrogen-bond acceptors (Lipinski definition) is 4. The van der Waals surface area contributed by atoms with Gasteiger partial charge in [0.05, 0.1) is 17.0 Å². The van der Waals surface area contributed by atoms with Gasteiger partial charge in [-0.2, -0.15) is 0 Å². The summed E-state index contributed by atoms with van der Waals surface area (Å²) in [6.07, 6.45) is 0.471. The van der Waals surface area contributed by atoms with Gasteiger partial charge >= 0.3 is 5.97 Å². The normalized spacial score (nSPS) is 15.1. The molecular formula is C14H13NO5. The second kappa shape index (κ2) is 5.64. The Balaban J connectivity index is 2.09. The molecule has 1 N–H and O–H groups in total. The Bertz CT molecular complexity index is 546. The van der Waals surface area contributed by atoms with Crippen molar-refractivity contribution >= 4 is 24.1 Å². The molecule has 0 bridgehead atoms. The van der Waals surface area contributed by atoms with Gasteiger partial charge < -0.3 is 9.90 Å². The van der Waals surface area contributed by atoms with E-state index in [1.165, 1.54) is 0 Å². The summed E-state index contributed by atoms with van der Waals surface area (Å²) >= 11 is 0. The zero-order valence-corrected chi connectivity index (χ0v) is 10.6. The monoisotopic (exact) mass is 275 g/mol. The van der Waals surface area contributed by atoms with E-state index in [-0.39, 0.29) is 19.4 Å². The molecule has 0 aliphatic carbocycles. The highest BCUT2D eigenvalue weighted by Crippen LogP contribution is 2.23. The van der Waals surface area contributed by atoms with E-state index in [2.05, 4.69) is 0 Å². The van der Waals surface area contributed by atoms with E-state index in [4.69, 9.17) is 5.11 Å². The van der Waals surface area contributed by atoms with Crippen LogP contribution in [-0.2, 0) is 9.59 Å². The summed E-state index contributed by atoms with van der Waals surface area (Å²) in [4.78, 5) is 46.4. The molecule has 6 heteroatoms. The lowest BCUT2D eigenvalue weighted by Crippen LogP contribution is -2.33. The molecule has 1 atom stereocenters. The van der Waals surface area contributed by atoms with Gasteiger partial charge in [-0.3, -0.25) is 19.3 Å². The van der Waals surface area contributed by atoms with E-state index < -0.39 is 23.7 Å². The first-order valence-corrected chi connectivity index (χ1v) is 6.18. The molecule has 0 fully saturated rings. The van der Waals surface area contributed by atoms with Gasteiger partial charge in [-0.1, -0.05) is 12.1 Å². The lowest BCUT2D eigenvalue weighted by Gasteiger charge is -2.16. The molecule has 1 aliphatic heterocycles. The Hall–Kier alpha value is -2.50. The van der Waals surface area contributed by atoms with Gasteiger partial charge in [0.25, 0.3) is 11.8 Å². The van der Waals surface area contributed by atoms with Gasteiger partial charge in [0, 0.05) is 13.0 Å². The molecule has 6 nitrogen and oxygen atoms in total. The number of benzene rings is 1. The fraction of sp³-hybridized carbons (Fsp3) is 0.286. The van der Waals surface area contributed by atoms with Crippen molar-refractivity contribution in [3.8, 4) is 0 Å². The van der Waals surface area contributed by atoms with E-state index >= 15 is 0 Å². The minimum absolute atomic E-state index is 0.00282. The smallest absolute Gasteiger partial charge is 0.306 e. The summed E-state index contributed by atoms with van der Waals surface area (Å²) < 4.78 is 0. The van der Waals surface area contributed by atoms with E-state index in [1.54, 1.807) is 24.3 Å². The van der Waals surface area contributed by atoms with E-state index in [0.717, 1.165) is 4.90 Å². The van der Waals surface area contributed by atoms with Gasteiger partial charge in [-0.25, -0.2) is 0 Å². The maximum atomic E-state index is 12.0. The highest BCUT2D eigenvalue weighted by Gasteiger charge is 2.35. The third kappa shape index (κ3) is 2.45. The van der Waals surface area contributed by atoms with Crippen molar-refractivity contribution < 1.29 is 24.3 Å². The van der Waals surface area contributed by atoms with Crippen molar-refractivity contribution in [2.24, 2.45) is 5.92 Å². The predicted molar refractivity (Wildman–Crippen MR) is 68.2 cm³/mol. The first kappa shape index (κ1) is 13.9. The number of hydrogen-bond donors (Lipinski definition) is 1. The van der Waals surface area contributed by atoms with Crippen LogP contribution in [0.4, 0.5) is 0 Å². The third-order valence-corrected chi connectivity index (χ3v) is 3.31. The summed E-state index contributed by atoms with van der Waals surface area (Å²) in [6, 6.07) is 6.46. The molecule has 0 spiro atoms. The van der Waals surface area contributed by atoms with Gasteiger partial charge in [-0.15, -0.1) is 0 Å². The van der Waals surface area contributed by atoms with E-state index in [9.17, 15) is 19.2 Å². The van der Waals surface area contributed by atoms with Crippen molar-refractivity contribution in [2.75, 3.05) is 6.54 Å². The maximum absolute atomic E-state index is 12.0. The molecule has 0 radical (unpaired) electrons. The van der Waals surface area contributed by atoms with Crippen LogP contribution in [0.15, 0.2) is 24.3 Å². The SMILES string of the molecule is O=CCC(CCN1C(=O)c2ccccc2C1=O)C(=O)O. The zero-order valence-electron chi connectivity index (χ0n) is 10.6. The highest BCUT2D eigenvalue weighted by atomic mass is 16.4. The van der Waals surface area contributed by atoms with Crippen LogP contribution in [-0.4, -0.2) is 40.6 Å². The van der Waals surface area contributed by atoms with Crippen LogP contribution in [0.3, 0.4) is 0 Å². The molecule has 0 saturated heterocycles. The molecule has 1 heterocycles. The molecule has 2 rings (SSSR count). The van der Waals surface area contributed by atoms with Gasteiger partial charge in [0.15, 0.2) is 0 Å². The van der Waals surface area contributed by atoms with Crippen LogP contribution >= 0.6 is 0 Å². The summed E-state index contributed by atoms with van der Waals surface area (Å²) in [7, 11) is 0. The maximum Gasteiger partial charge on any atom is 0.306 e. The molecule has 104 valence electrons. The number of rotatable bonds is 6. The van der Waals surface area contributed by atoms with E-state index in [1.807, 2.05) is 0 Å². The van der Waals surface area contributed by atoms with Crippen molar-refractivity contribution in [3.05, 3.63) is 35.4 Å². The van der Waals surface area contributed by atoms with Crippen molar-refractivity contribution in [3.63, 3.8) is 0 Å². The van der Waals surface area contributed by atoms with Crippen LogP contribution in [0, 0.1) is 5.92 Å². The standard InChI is InChI=1S/C14H13NO5/c16-8-6-9(14(19)20)5-7-15-12(17)10-3-1-2-4-11(10)13(15)18/h1-4,8-9H,5-7H2,(H,19,20). The Morgan fingerprint density at radius 1 is 1.20 bits per heavy atom. The molecular weight excluding hydrogens is 262 g/mol. The number of carbonyl (C=O) groups excluding carboxylic acids is 3. The summed E-state index contributed by atoms with van der Waals surface area (Å²) in [5, 5.41) is 8.94. The number of nitrogens with zero attached hydrogens (tertiary/aromatic N) is 1. The molecule has 1 unspecified atom stereocenters. The summed E-state index contributed by atoms with van der Waals surface area (Å²) in [5.74, 6) is -2.81. The zero-order chi connectivity index (χ0) is 14.7. The number of imide groups is 1. The minimum atomic E-state index is -1.10. The lowest BCUT2D eigenvalue weighted by molar-refractivity contribution is -0.143. The fourth-order valence-electron chi connectivity index (χ4n) is 2.19. The Labute approximate surface area is 115 Å². The number of aldehydes is 1. The number of amides is 2. The summed E-state index contributed by atoms with van der Waals surface area (Å²) in [6.45, 7) is -0.00282. The molecule has 20 heavy (non-hydrogen) atoms. The van der Waals surface area contributed by atoms with Crippen LogP contribution in [0.25, 0.3) is 0 Å².